The van der Waals surface area contributed by atoms with E-state index in [2.05, 4.69) is 46.9 Å². The third-order valence-electron chi connectivity index (χ3n) is 3.12. The van der Waals surface area contributed by atoms with E-state index in [4.69, 9.17) is 0 Å². The molecule has 0 aromatic carbocycles. The predicted octanol–water partition coefficient (Wildman–Crippen LogP) is 3.18. The van der Waals surface area contributed by atoms with Crippen molar-refractivity contribution in [1.82, 2.24) is 5.32 Å². The largest absolute Gasteiger partial charge is 0.356 e. The van der Waals surface area contributed by atoms with Crippen LogP contribution < -0.4 is 5.32 Å². The highest BCUT2D eigenvalue weighted by Crippen LogP contribution is 2.35. The first-order valence-electron chi connectivity index (χ1n) is 6.76. The molecule has 0 rings (SSSR count). The van der Waals surface area contributed by atoms with Gasteiger partial charge < -0.3 is 10.1 Å². The van der Waals surface area contributed by atoms with Gasteiger partial charge in [-0.15, -0.1) is 0 Å². The normalized spacial score (nSPS) is 14.1. The average Bonchev–Trinajstić information content (AvgIpc) is 2.18. The minimum absolute atomic E-state index is 0.0229. The molecular formula is C15H29NO2. The molecule has 0 aromatic rings. The van der Waals surface area contributed by atoms with E-state index in [1.165, 1.54) is 0 Å². The lowest BCUT2D eigenvalue weighted by Crippen LogP contribution is -2.37. The van der Waals surface area contributed by atoms with Gasteiger partial charge >= 0.3 is 0 Å². The second kappa shape index (κ2) is 6.91. The molecule has 1 amide bonds. The van der Waals surface area contributed by atoms with Crippen LogP contribution in [0.1, 0.15) is 60.8 Å². The van der Waals surface area contributed by atoms with Gasteiger partial charge in [-0.3, -0.25) is 4.79 Å². The first kappa shape index (κ1) is 17.1. The second-order valence-corrected chi connectivity index (χ2v) is 7.34. The van der Waals surface area contributed by atoms with Gasteiger partial charge in [-0.25, -0.2) is 0 Å². The number of hydrogen-bond donors (Lipinski definition) is 1. The van der Waals surface area contributed by atoms with Crippen molar-refractivity contribution < 1.29 is 9.59 Å². The predicted molar refractivity (Wildman–Crippen MR) is 75.3 cm³/mol. The fourth-order valence-electron chi connectivity index (χ4n) is 1.94. The van der Waals surface area contributed by atoms with Crippen LogP contribution in [0.25, 0.3) is 0 Å². The number of aldehydes is 1. The summed E-state index contributed by atoms with van der Waals surface area (Å²) in [6, 6.07) is 0. The minimum atomic E-state index is -0.0229. The van der Waals surface area contributed by atoms with Gasteiger partial charge in [0.2, 0.25) is 5.91 Å². The maximum absolute atomic E-state index is 11.5. The zero-order valence-electron chi connectivity index (χ0n) is 12.8. The molecule has 3 nitrogen and oxygen atoms in total. The van der Waals surface area contributed by atoms with Crippen molar-refractivity contribution in [2.45, 2.75) is 60.8 Å². The molecule has 1 unspecified atom stereocenters. The molecule has 3 heteroatoms. The van der Waals surface area contributed by atoms with Crippen LogP contribution >= 0.6 is 0 Å². The summed E-state index contributed by atoms with van der Waals surface area (Å²) < 4.78 is 0. The highest BCUT2D eigenvalue weighted by molar-refractivity contribution is 5.78. The van der Waals surface area contributed by atoms with Crippen LogP contribution in [-0.4, -0.2) is 18.7 Å². The van der Waals surface area contributed by atoms with Gasteiger partial charge in [-0.1, -0.05) is 41.5 Å². The number of carbonyl (C=O) groups is 2. The Kier molecular flexibility index (Phi) is 6.58. The van der Waals surface area contributed by atoms with Gasteiger partial charge in [0.15, 0.2) is 0 Å². The number of amides is 1. The van der Waals surface area contributed by atoms with E-state index >= 15 is 0 Å². The molecule has 18 heavy (non-hydrogen) atoms. The van der Waals surface area contributed by atoms with Crippen LogP contribution in [-0.2, 0) is 9.59 Å². The Labute approximate surface area is 112 Å². The van der Waals surface area contributed by atoms with Crippen molar-refractivity contribution in [2.75, 3.05) is 6.54 Å². The molecule has 0 aliphatic rings. The van der Waals surface area contributed by atoms with Crippen LogP contribution in [0.5, 0.6) is 0 Å². The lowest BCUT2D eigenvalue weighted by atomic mass is 9.72. The van der Waals surface area contributed by atoms with Gasteiger partial charge in [0.25, 0.3) is 0 Å². The van der Waals surface area contributed by atoms with E-state index in [1.54, 1.807) is 0 Å². The van der Waals surface area contributed by atoms with Gasteiger partial charge in [0.05, 0.1) is 0 Å². The Morgan fingerprint density at radius 1 is 1.17 bits per heavy atom. The zero-order valence-corrected chi connectivity index (χ0v) is 12.8. The molecule has 0 bridgehead atoms. The summed E-state index contributed by atoms with van der Waals surface area (Å²) in [4.78, 5) is 21.7. The molecule has 106 valence electrons. The van der Waals surface area contributed by atoms with Crippen molar-refractivity contribution >= 4 is 12.2 Å². The Morgan fingerprint density at radius 3 is 2.11 bits per heavy atom. The Bertz CT molecular complexity index is 271. The number of hydrogen-bond acceptors (Lipinski definition) is 2. The first-order valence-corrected chi connectivity index (χ1v) is 6.76. The van der Waals surface area contributed by atoms with E-state index in [0.717, 1.165) is 12.7 Å². The van der Waals surface area contributed by atoms with Crippen LogP contribution in [0.3, 0.4) is 0 Å². The maximum atomic E-state index is 11.5. The van der Waals surface area contributed by atoms with Gasteiger partial charge in [-0.05, 0) is 23.2 Å². The fourth-order valence-corrected chi connectivity index (χ4v) is 1.94. The first-order chi connectivity index (χ1) is 8.06. The molecule has 0 fully saturated rings. The van der Waals surface area contributed by atoms with E-state index in [1.807, 2.05) is 0 Å². The molecule has 1 N–H and O–H groups in total. The molecule has 0 aromatic heterocycles. The lowest BCUT2D eigenvalue weighted by Gasteiger charge is -2.35. The summed E-state index contributed by atoms with van der Waals surface area (Å²) in [5.41, 5.74) is 0.427. The quantitative estimate of drug-likeness (QED) is 0.741. The molecule has 0 aliphatic carbocycles. The molecular weight excluding hydrogens is 226 g/mol. The standard InChI is InChI=1S/C15H29NO2/c1-14(2,3)10-12(15(4,5)6)11-16-13(18)8-7-9-17/h9,12H,7-8,10-11H2,1-6H3,(H,16,18). The molecule has 0 saturated heterocycles. The Morgan fingerprint density at radius 2 is 1.72 bits per heavy atom. The third kappa shape index (κ3) is 8.26. The fraction of sp³-hybridized carbons (Fsp3) is 0.867. The number of rotatable bonds is 6. The average molecular weight is 255 g/mol. The Balaban J connectivity index is 4.35. The topological polar surface area (TPSA) is 46.2 Å². The van der Waals surface area contributed by atoms with Crippen molar-refractivity contribution in [1.29, 1.82) is 0 Å². The second-order valence-electron chi connectivity index (χ2n) is 7.34. The zero-order chi connectivity index (χ0) is 14.4. The molecule has 0 spiro atoms. The molecule has 0 heterocycles. The Hall–Kier alpha value is -0.860. The highest BCUT2D eigenvalue weighted by Gasteiger charge is 2.29. The van der Waals surface area contributed by atoms with E-state index in [0.29, 0.717) is 25.3 Å². The van der Waals surface area contributed by atoms with Crippen molar-refractivity contribution in [3.05, 3.63) is 0 Å². The molecule has 0 aliphatic heterocycles. The summed E-state index contributed by atoms with van der Waals surface area (Å²) in [5.74, 6) is 0.419. The molecule has 0 saturated carbocycles. The van der Waals surface area contributed by atoms with E-state index < -0.39 is 0 Å². The van der Waals surface area contributed by atoms with Crippen molar-refractivity contribution in [3.63, 3.8) is 0 Å². The molecule has 1 atom stereocenters. The third-order valence-corrected chi connectivity index (χ3v) is 3.12. The van der Waals surface area contributed by atoms with Gasteiger partial charge in [0, 0.05) is 19.4 Å². The minimum Gasteiger partial charge on any atom is -0.356 e. The van der Waals surface area contributed by atoms with E-state index in [-0.39, 0.29) is 16.7 Å². The van der Waals surface area contributed by atoms with Gasteiger partial charge in [-0.2, -0.15) is 0 Å². The van der Waals surface area contributed by atoms with E-state index in [9.17, 15) is 9.59 Å². The summed E-state index contributed by atoms with van der Waals surface area (Å²) >= 11 is 0. The van der Waals surface area contributed by atoms with Gasteiger partial charge in [0.1, 0.15) is 6.29 Å². The van der Waals surface area contributed by atoms with Crippen LogP contribution in [0.15, 0.2) is 0 Å². The smallest absolute Gasteiger partial charge is 0.220 e. The maximum Gasteiger partial charge on any atom is 0.220 e. The van der Waals surface area contributed by atoms with Crippen molar-refractivity contribution in [3.8, 4) is 0 Å². The number of carbonyl (C=O) groups excluding carboxylic acids is 2. The van der Waals surface area contributed by atoms with Crippen LogP contribution in [0.2, 0.25) is 0 Å². The lowest BCUT2D eigenvalue weighted by molar-refractivity contribution is -0.123. The summed E-state index contributed by atoms with van der Waals surface area (Å²) in [6.07, 6.45) is 2.47. The highest BCUT2D eigenvalue weighted by atomic mass is 16.1. The monoisotopic (exact) mass is 255 g/mol. The summed E-state index contributed by atoms with van der Waals surface area (Å²) in [6.45, 7) is 14.0. The van der Waals surface area contributed by atoms with Crippen LogP contribution in [0.4, 0.5) is 0 Å². The molecule has 0 radical (unpaired) electrons. The number of nitrogens with one attached hydrogen (secondary N) is 1. The van der Waals surface area contributed by atoms with Crippen LogP contribution in [0, 0.1) is 16.7 Å². The van der Waals surface area contributed by atoms with Crippen molar-refractivity contribution in [2.24, 2.45) is 16.7 Å². The SMILES string of the molecule is CC(C)(C)CC(CNC(=O)CCC=O)C(C)(C)C. The summed E-state index contributed by atoms with van der Waals surface area (Å²) in [7, 11) is 0. The summed E-state index contributed by atoms with van der Waals surface area (Å²) in [5, 5.41) is 2.95.